The van der Waals surface area contributed by atoms with Gasteiger partial charge in [-0.3, -0.25) is 0 Å². The number of hydrogen-bond donors (Lipinski definition) is 2. The van der Waals surface area contributed by atoms with Crippen LogP contribution in [0.4, 0.5) is 4.79 Å². The molecule has 66 valence electrons. The lowest BCUT2D eigenvalue weighted by molar-refractivity contribution is 0.241. The van der Waals surface area contributed by atoms with E-state index in [1.54, 1.807) is 7.05 Å². The van der Waals surface area contributed by atoms with Gasteiger partial charge in [0.05, 0.1) is 0 Å². The van der Waals surface area contributed by atoms with Gasteiger partial charge in [0.15, 0.2) is 0 Å². The molecule has 2 amide bonds. The van der Waals surface area contributed by atoms with Crippen LogP contribution in [0.15, 0.2) is 0 Å². The summed E-state index contributed by atoms with van der Waals surface area (Å²) in [5, 5.41) is 5.31. The Kier molecular flexibility index (Phi) is 6.12. The highest BCUT2D eigenvalue weighted by Crippen LogP contribution is 2.00. The van der Waals surface area contributed by atoms with Crippen LogP contribution >= 0.6 is 11.8 Å². The minimum atomic E-state index is -0.103. The van der Waals surface area contributed by atoms with E-state index in [1.807, 2.05) is 18.7 Å². The first-order valence-electron chi connectivity index (χ1n) is 3.76. The first-order chi connectivity index (χ1) is 5.20. The highest BCUT2D eigenvalue weighted by atomic mass is 32.2. The number of nitrogens with one attached hydrogen (secondary N) is 2. The Hall–Kier alpha value is -0.380. The lowest BCUT2D eigenvalue weighted by Gasteiger charge is -2.11. The van der Waals surface area contributed by atoms with Crippen molar-refractivity contribution in [1.82, 2.24) is 10.6 Å². The van der Waals surface area contributed by atoms with E-state index in [-0.39, 0.29) is 12.1 Å². The number of hydrogen-bond acceptors (Lipinski definition) is 2. The molecule has 3 nitrogen and oxygen atoms in total. The van der Waals surface area contributed by atoms with Gasteiger partial charge in [-0.05, 0) is 12.7 Å². The third-order valence-corrected chi connectivity index (χ3v) is 2.32. The van der Waals surface area contributed by atoms with Crippen LogP contribution in [-0.4, -0.2) is 30.6 Å². The van der Waals surface area contributed by atoms with E-state index in [4.69, 9.17) is 0 Å². The standard InChI is InChI=1S/C7H16N2OS/c1-4-11-5-6(2)9-7(10)8-3/h6H,4-5H2,1-3H3,(H2,8,9,10). The Labute approximate surface area is 72.3 Å². The number of carbonyl (C=O) groups is 1. The van der Waals surface area contributed by atoms with Crippen LogP contribution < -0.4 is 10.6 Å². The van der Waals surface area contributed by atoms with Crippen molar-refractivity contribution < 1.29 is 4.79 Å². The molecular weight excluding hydrogens is 160 g/mol. The predicted octanol–water partition coefficient (Wildman–Crippen LogP) is 1.06. The van der Waals surface area contributed by atoms with E-state index >= 15 is 0 Å². The summed E-state index contributed by atoms with van der Waals surface area (Å²) < 4.78 is 0. The zero-order valence-corrected chi connectivity index (χ0v) is 8.12. The van der Waals surface area contributed by atoms with Crippen molar-refractivity contribution >= 4 is 17.8 Å². The third-order valence-electron chi connectivity index (χ3n) is 1.18. The van der Waals surface area contributed by atoms with E-state index in [1.165, 1.54) is 0 Å². The van der Waals surface area contributed by atoms with Crippen molar-refractivity contribution in [1.29, 1.82) is 0 Å². The summed E-state index contributed by atoms with van der Waals surface area (Å²) in [4.78, 5) is 10.8. The van der Waals surface area contributed by atoms with Gasteiger partial charge in [0.1, 0.15) is 0 Å². The molecule has 0 aromatic carbocycles. The second-order valence-corrected chi connectivity index (χ2v) is 3.60. The van der Waals surface area contributed by atoms with Crippen LogP contribution in [0.25, 0.3) is 0 Å². The van der Waals surface area contributed by atoms with Crippen LogP contribution in [0.2, 0.25) is 0 Å². The molecule has 0 aliphatic heterocycles. The number of rotatable bonds is 4. The van der Waals surface area contributed by atoms with Gasteiger partial charge in [0.2, 0.25) is 0 Å². The monoisotopic (exact) mass is 176 g/mol. The van der Waals surface area contributed by atoms with Crippen LogP contribution in [0.1, 0.15) is 13.8 Å². The molecule has 0 bridgehead atoms. The molecule has 0 aromatic heterocycles. The summed E-state index contributed by atoms with van der Waals surface area (Å²) in [6, 6.07) is 0.147. The highest BCUT2D eigenvalue weighted by Gasteiger charge is 2.03. The van der Waals surface area contributed by atoms with E-state index in [0.29, 0.717) is 0 Å². The molecule has 0 aliphatic rings. The number of amides is 2. The Morgan fingerprint density at radius 1 is 1.64 bits per heavy atom. The number of urea groups is 1. The fourth-order valence-electron chi connectivity index (χ4n) is 0.632. The van der Waals surface area contributed by atoms with Gasteiger partial charge in [-0.25, -0.2) is 4.79 Å². The summed E-state index contributed by atoms with van der Waals surface area (Å²) in [6.07, 6.45) is 0. The van der Waals surface area contributed by atoms with Gasteiger partial charge in [0, 0.05) is 18.8 Å². The molecule has 2 N–H and O–H groups in total. The van der Waals surface area contributed by atoms with Crippen molar-refractivity contribution in [2.75, 3.05) is 18.6 Å². The van der Waals surface area contributed by atoms with Crippen molar-refractivity contribution in [2.45, 2.75) is 19.9 Å². The number of carbonyl (C=O) groups excluding carboxylic acids is 1. The first kappa shape index (κ1) is 10.6. The summed E-state index contributed by atoms with van der Waals surface area (Å²) in [6.45, 7) is 4.11. The molecule has 0 aromatic rings. The lowest BCUT2D eigenvalue weighted by Crippen LogP contribution is -2.40. The van der Waals surface area contributed by atoms with Gasteiger partial charge in [0.25, 0.3) is 0 Å². The molecule has 0 spiro atoms. The Morgan fingerprint density at radius 3 is 2.73 bits per heavy atom. The predicted molar refractivity (Wildman–Crippen MR) is 50.1 cm³/mol. The smallest absolute Gasteiger partial charge is 0.314 e. The van der Waals surface area contributed by atoms with E-state index in [0.717, 1.165) is 11.5 Å². The second kappa shape index (κ2) is 6.34. The minimum Gasteiger partial charge on any atom is -0.341 e. The summed E-state index contributed by atoms with van der Waals surface area (Å²) in [7, 11) is 1.62. The van der Waals surface area contributed by atoms with Crippen LogP contribution in [-0.2, 0) is 0 Å². The maximum atomic E-state index is 10.8. The van der Waals surface area contributed by atoms with Crippen molar-refractivity contribution in [2.24, 2.45) is 0 Å². The van der Waals surface area contributed by atoms with Gasteiger partial charge in [-0.1, -0.05) is 6.92 Å². The van der Waals surface area contributed by atoms with Crippen molar-refractivity contribution in [3.63, 3.8) is 0 Å². The molecule has 0 heterocycles. The molecule has 0 rings (SSSR count). The molecular formula is C7H16N2OS. The largest absolute Gasteiger partial charge is 0.341 e. The molecule has 11 heavy (non-hydrogen) atoms. The van der Waals surface area contributed by atoms with Crippen molar-refractivity contribution in [3.05, 3.63) is 0 Å². The van der Waals surface area contributed by atoms with Crippen LogP contribution in [0.5, 0.6) is 0 Å². The Bertz CT molecular complexity index is 119. The van der Waals surface area contributed by atoms with E-state index in [9.17, 15) is 4.79 Å². The summed E-state index contributed by atoms with van der Waals surface area (Å²) in [5.74, 6) is 2.07. The average Bonchev–Trinajstić information content (AvgIpc) is 2.00. The normalized spacial score (nSPS) is 12.3. The molecule has 4 heteroatoms. The summed E-state index contributed by atoms with van der Waals surface area (Å²) in [5.41, 5.74) is 0. The molecule has 1 atom stereocenters. The van der Waals surface area contributed by atoms with Gasteiger partial charge >= 0.3 is 6.03 Å². The molecule has 1 unspecified atom stereocenters. The second-order valence-electron chi connectivity index (χ2n) is 2.28. The quantitative estimate of drug-likeness (QED) is 0.672. The van der Waals surface area contributed by atoms with Crippen molar-refractivity contribution in [3.8, 4) is 0 Å². The maximum absolute atomic E-state index is 10.8. The highest BCUT2D eigenvalue weighted by molar-refractivity contribution is 7.99. The molecule has 0 aliphatic carbocycles. The maximum Gasteiger partial charge on any atom is 0.314 e. The third kappa shape index (κ3) is 6.04. The van der Waals surface area contributed by atoms with Crippen LogP contribution in [0.3, 0.4) is 0 Å². The summed E-state index contributed by atoms with van der Waals surface area (Å²) >= 11 is 1.83. The Morgan fingerprint density at radius 2 is 2.27 bits per heavy atom. The SMILES string of the molecule is CCSCC(C)NC(=O)NC. The van der Waals surface area contributed by atoms with Gasteiger partial charge < -0.3 is 10.6 Å². The topological polar surface area (TPSA) is 41.1 Å². The zero-order chi connectivity index (χ0) is 8.69. The average molecular weight is 176 g/mol. The van der Waals surface area contributed by atoms with E-state index < -0.39 is 0 Å². The fraction of sp³-hybridized carbons (Fsp3) is 0.857. The van der Waals surface area contributed by atoms with Crippen LogP contribution in [0, 0.1) is 0 Å². The van der Waals surface area contributed by atoms with Gasteiger partial charge in [-0.2, -0.15) is 11.8 Å². The minimum absolute atomic E-state index is 0.103. The zero-order valence-electron chi connectivity index (χ0n) is 7.31. The Balaban J connectivity index is 3.35. The fourth-order valence-corrected chi connectivity index (χ4v) is 1.30. The van der Waals surface area contributed by atoms with Gasteiger partial charge in [-0.15, -0.1) is 0 Å². The lowest BCUT2D eigenvalue weighted by atomic mass is 10.4. The number of thioether (sulfide) groups is 1. The molecule has 0 saturated heterocycles. The first-order valence-corrected chi connectivity index (χ1v) is 4.92. The molecule has 0 fully saturated rings. The molecule has 0 saturated carbocycles. The molecule has 0 radical (unpaired) electrons. The van der Waals surface area contributed by atoms with E-state index in [2.05, 4.69) is 17.6 Å².